The number of anilines is 2. The topological polar surface area (TPSA) is 90.3 Å². The van der Waals surface area contributed by atoms with E-state index >= 15 is 0 Å². The molecule has 0 fully saturated rings. The van der Waals surface area contributed by atoms with Gasteiger partial charge in [0.25, 0.3) is 5.91 Å². The molecule has 8 nitrogen and oxygen atoms in total. The van der Waals surface area contributed by atoms with Gasteiger partial charge < -0.3 is 20.1 Å². The van der Waals surface area contributed by atoms with Gasteiger partial charge in [-0.05, 0) is 103 Å². The fraction of sp³-hybridized carbons (Fsp3) is 0.303. The first-order chi connectivity index (χ1) is 21.2. The number of hydrogen-bond acceptors (Lipinski definition) is 7. The third kappa shape index (κ3) is 7.00. The number of aromatic nitrogens is 3. The van der Waals surface area contributed by atoms with E-state index in [4.69, 9.17) is 19.6 Å². The van der Waals surface area contributed by atoms with Gasteiger partial charge in [0.2, 0.25) is 11.1 Å². The summed E-state index contributed by atoms with van der Waals surface area (Å²) in [5.41, 5.74) is 5.95. The van der Waals surface area contributed by atoms with Crippen molar-refractivity contribution in [1.29, 1.82) is 0 Å². The third-order valence-electron chi connectivity index (χ3n) is 7.29. The number of thioether (sulfide) groups is 1. The Labute approximate surface area is 279 Å². The number of nitrogens with zero attached hydrogens (tertiary/aromatic N) is 3. The van der Waals surface area contributed by atoms with Crippen molar-refractivity contribution in [2.45, 2.75) is 58.8 Å². The van der Waals surface area contributed by atoms with Crippen molar-refractivity contribution in [1.82, 2.24) is 14.8 Å². The fourth-order valence-electron chi connectivity index (χ4n) is 5.00. The number of benzene rings is 3. The standard InChI is InChI=1S/C33H35Br2N5O3S/c1-6-14-44-33-38-32-36-21(5)28(31(41)37-26-13-8-10-19(3)20(26)4)29(40(32)39-33)23-16-25(35)30(27(17-23)42-7-2)43-18-22-11-9-12-24(34)15-22/h8-13,15-17,29H,6-7,14,18H2,1-5H3,(H,37,41)(H,36,38,39). The van der Waals surface area contributed by atoms with Gasteiger partial charge in [0.15, 0.2) is 11.5 Å². The maximum atomic E-state index is 14.1. The summed E-state index contributed by atoms with van der Waals surface area (Å²) in [6.45, 7) is 10.8. The van der Waals surface area contributed by atoms with E-state index < -0.39 is 6.04 Å². The average Bonchev–Trinajstić information content (AvgIpc) is 3.39. The van der Waals surface area contributed by atoms with Crippen molar-refractivity contribution >= 4 is 61.2 Å². The number of allylic oxidation sites excluding steroid dienone is 1. The molecular formula is C33H35Br2N5O3S. The molecule has 0 saturated carbocycles. The highest BCUT2D eigenvalue weighted by Crippen LogP contribution is 2.44. The van der Waals surface area contributed by atoms with Gasteiger partial charge in [-0.25, -0.2) is 4.68 Å². The molecule has 44 heavy (non-hydrogen) atoms. The predicted molar refractivity (Wildman–Crippen MR) is 184 cm³/mol. The predicted octanol–water partition coefficient (Wildman–Crippen LogP) is 8.83. The van der Waals surface area contributed by atoms with Gasteiger partial charge in [-0.2, -0.15) is 4.98 Å². The van der Waals surface area contributed by atoms with Crippen LogP contribution in [-0.2, 0) is 11.4 Å². The van der Waals surface area contributed by atoms with Gasteiger partial charge in [-0.3, -0.25) is 4.79 Å². The van der Waals surface area contributed by atoms with Crippen LogP contribution in [0, 0.1) is 13.8 Å². The largest absolute Gasteiger partial charge is 0.490 e. The second kappa shape index (κ2) is 14.2. The molecule has 1 aromatic heterocycles. The van der Waals surface area contributed by atoms with Crippen molar-refractivity contribution in [3.63, 3.8) is 0 Å². The number of carbonyl (C=O) groups excluding carboxylic acids is 1. The van der Waals surface area contributed by atoms with Crippen LogP contribution in [0.3, 0.4) is 0 Å². The number of halogens is 2. The molecule has 230 valence electrons. The number of ether oxygens (including phenoxy) is 2. The van der Waals surface area contributed by atoms with Gasteiger partial charge in [0.1, 0.15) is 12.6 Å². The van der Waals surface area contributed by atoms with E-state index in [2.05, 4.69) is 49.4 Å². The second-order valence-corrected chi connectivity index (χ2v) is 13.3. The molecule has 2 heterocycles. The number of amides is 1. The van der Waals surface area contributed by atoms with Crippen LogP contribution in [0.4, 0.5) is 11.6 Å². The monoisotopic (exact) mass is 739 g/mol. The average molecular weight is 742 g/mol. The van der Waals surface area contributed by atoms with E-state index in [0.29, 0.717) is 51.6 Å². The lowest BCUT2D eigenvalue weighted by Gasteiger charge is -2.29. The molecular weight excluding hydrogens is 706 g/mol. The molecule has 2 N–H and O–H groups in total. The van der Waals surface area contributed by atoms with E-state index in [-0.39, 0.29) is 5.91 Å². The van der Waals surface area contributed by atoms with E-state index in [1.54, 1.807) is 16.4 Å². The lowest BCUT2D eigenvalue weighted by Crippen LogP contribution is -2.31. The van der Waals surface area contributed by atoms with E-state index in [1.807, 2.05) is 82.3 Å². The van der Waals surface area contributed by atoms with Crippen molar-refractivity contribution in [2.75, 3.05) is 23.0 Å². The van der Waals surface area contributed by atoms with Crippen LogP contribution < -0.4 is 20.1 Å². The number of nitrogens with one attached hydrogen (secondary N) is 2. The molecule has 0 bridgehead atoms. The third-order valence-corrected chi connectivity index (χ3v) is 9.41. The van der Waals surface area contributed by atoms with Gasteiger partial charge >= 0.3 is 0 Å². The zero-order valence-corrected chi connectivity index (χ0v) is 29.3. The molecule has 0 saturated heterocycles. The van der Waals surface area contributed by atoms with E-state index in [9.17, 15) is 4.79 Å². The summed E-state index contributed by atoms with van der Waals surface area (Å²) < 4.78 is 15.9. The van der Waals surface area contributed by atoms with Crippen LogP contribution in [0.2, 0.25) is 0 Å². The van der Waals surface area contributed by atoms with Crippen LogP contribution in [0.15, 0.2) is 80.0 Å². The first-order valence-corrected chi connectivity index (χ1v) is 17.0. The molecule has 5 rings (SSSR count). The number of aryl methyl sites for hydroxylation is 1. The Morgan fingerprint density at radius 1 is 1.07 bits per heavy atom. The molecule has 1 aliphatic rings. The smallest absolute Gasteiger partial charge is 0.255 e. The number of hydrogen-bond donors (Lipinski definition) is 2. The van der Waals surface area contributed by atoms with Crippen LogP contribution in [0.5, 0.6) is 11.5 Å². The molecule has 4 aromatic rings. The van der Waals surface area contributed by atoms with Crippen molar-refractivity contribution in [3.05, 3.63) is 97.1 Å². The summed E-state index contributed by atoms with van der Waals surface area (Å²) in [6.07, 6.45) is 0.998. The maximum absolute atomic E-state index is 14.1. The Balaban J connectivity index is 1.58. The Morgan fingerprint density at radius 3 is 2.61 bits per heavy atom. The molecule has 11 heteroatoms. The van der Waals surface area contributed by atoms with Crippen molar-refractivity contribution < 1.29 is 14.3 Å². The number of rotatable bonds is 11. The summed E-state index contributed by atoms with van der Waals surface area (Å²) in [5, 5.41) is 12.0. The summed E-state index contributed by atoms with van der Waals surface area (Å²) >= 11 is 8.87. The summed E-state index contributed by atoms with van der Waals surface area (Å²) in [4.78, 5) is 18.9. The minimum absolute atomic E-state index is 0.221. The molecule has 1 amide bonds. The molecule has 0 radical (unpaired) electrons. The maximum Gasteiger partial charge on any atom is 0.255 e. The highest BCUT2D eigenvalue weighted by atomic mass is 79.9. The quantitative estimate of drug-likeness (QED) is 0.149. The Hall–Kier alpha value is -3.28. The SMILES string of the molecule is CCCSc1nc2n(n1)C(c1cc(Br)c(OCc3cccc(Br)c3)c(OCC)c1)C(C(=O)Nc1cccc(C)c1C)=C(C)N2. The molecule has 0 spiro atoms. The number of fused-ring (bicyclic) bond motifs is 1. The highest BCUT2D eigenvalue weighted by Gasteiger charge is 2.35. The van der Waals surface area contributed by atoms with Crippen LogP contribution in [-0.4, -0.2) is 33.0 Å². The zero-order valence-electron chi connectivity index (χ0n) is 25.3. The van der Waals surface area contributed by atoms with Gasteiger partial charge in [0.05, 0.1) is 16.7 Å². The Kier molecular flexibility index (Phi) is 10.4. The first kappa shape index (κ1) is 32.1. The second-order valence-electron chi connectivity index (χ2n) is 10.5. The normalized spacial score (nSPS) is 14.2. The molecule has 1 aliphatic heterocycles. The molecule has 0 aliphatic carbocycles. The highest BCUT2D eigenvalue weighted by molar-refractivity contribution is 9.10. The Bertz CT molecular complexity index is 1720. The minimum Gasteiger partial charge on any atom is -0.490 e. The molecule has 1 atom stereocenters. The summed E-state index contributed by atoms with van der Waals surface area (Å²) in [6, 6.07) is 17.2. The van der Waals surface area contributed by atoms with Gasteiger partial charge in [-0.15, -0.1) is 5.10 Å². The molecule has 3 aromatic carbocycles. The minimum atomic E-state index is -0.575. The van der Waals surface area contributed by atoms with E-state index in [0.717, 1.165) is 44.6 Å². The van der Waals surface area contributed by atoms with Gasteiger partial charge in [-0.1, -0.05) is 58.9 Å². The first-order valence-electron chi connectivity index (χ1n) is 14.5. The van der Waals surface area contributed by atoms with Gasteiger partial charge in [0, 0.05) is 21.6 Å². The Morgan fingerprint density at radius 2 is 1.86 bits per heavy atom. The van der Waals surface area contributed by atoms with Crippen molar-refractivity contribution in [3.8, 4) is 11.5 Å². The van der Waals surface area contributed by atoms with Crippen LogP contribution in [0.25, 0.3) is 0 Å². The van der Waals surface area contributed by atoms with E-state index in [1.165, 1.54) is 0 Å². The van der Waals surface area contributed by atoms with Crippen molar-refractivity contribution in [2.24, 2.45) is 0 Å². The lowest BCUT2D eigenvalue weighted by molar-refractivity contribution is -0.113. The molecule has 1 unspecified atom stereocenters. The zero-order chi connectivity index (χ0) is 31.4. The van der Waals surface area contributed by atoms with Crippen LogP contribution in [0.1, 0.15) is 55.5 Å². The lowest BCUT2D eigenvalue weighted by atomic mass is 9.94. The fourth-order valence-corrected chi connectivity index (χ4v) is 6.70. The van der Waals surface area contributed by atoms with Crippen LogP contribution >= 0.6 is 43.6 Å². The summed E-state index contributed by atoms with van der Waals surface area (Å²) in [7, 11) is 0. The summed E-state index contributed by atoms with van der Waals surface area (Å²) in [5.74, 6) is 2.41. The number of carbonyl (C=O) groups is 1.